The second-order valence-corrected chi connectivity index (χ2v) is 7.39. The number of carbonyl (C=O) groups excluding carboxylic acids is 1. The summed E-state index contributed by atoms with van der Waals surface area (Å²) >= 11 is 0. The van der Waals surface area contributed by atoms with E-state index in [1.54, 1.807) is 0 Å². The van der Waals surface area contributed by atoms with Gasteiger partial charge < -0.3 is 16.0 Å². The van der Waals surface area contributed by atoms with Crippen LogP contribution in [0.25, 0.3) is 0 Å². The lowest BCUT2D eigenvalue weighted by Gasteiger charge is -2.37. The van der Waals surface area contributed by atoms with Crippen molar-refractivity contribution in [3.8, 4) is 0 Å². The highest BCUT2D eigenvalue weighted by Crippen LogP contribution is 2.26. The molecule has 0 radical (unpaired) electrons. The third-order valence-corrected chi connectivity index (χ3v) is 4.52. The Balaban J connectivity index is 2.54. The monoisotopic (exact) mass is 269 g/mol. The van der Waals surface area contributed by atoms with Gasteiger partial charge in [-0.3, -0.25) is 4.79 Å². The average Bonchev–Trinajstić information content (AvgIpc) is 3.07. The molecule has 0 saturated heterocycles. The lowest BCUT2D eigenvalue weighted by atomic mass is 9.86. The van der Waals surface area contributed by atoms with E-state index in [1.165, 1.54) is 0 Å². The maximum absolute atomic E-state index is 11.7. The molecule has 0 bridgehead atoms. The summed E-state index contributed by atoms with van der Waals surface area (Å²) in [5, 5.41) is 3.40. The molecule has 0 spiro atoms. The normalized spacial score (nSPS) is 21.2. The molecular weight excluding hydrogens is 238 g/mol. The number of hydrogen-bond donors (Lipinski definition) is 2. The average molecular weight is 269 g/mol. The van der Waals surface area contributed by atoms with Crippen molar-refractivity contribution in [1.82, 2.24) is 10.2 Å². The second kappa shape index (κ2) is 5.80. The lowest BCUT2D eigenvalue weighted by Crippen LogP contribution is -2.56. The van der Waals surface area contributed by atoms with Gasteiger partial charge in [-0.1, -0.05) is 20.8 Å². The van der Waals surface area contributed by atoms with E-state index in [0.29, 0.717) is 12.1 Å². The SMILES string of the molecule is CC(N(C)CCC(C)(NC1CC1)C(N)=O)C(C)(C)C. The fourth-order valence-electron chi connectivity index (χ4n) is 2.20. The van der Waals surface area contributed by atoms with Crippen molar-refractivity contribution in [3.05, 3.63) is 0 Å². The van der Waals surface area contributed by atoms with Crippen molar-refractivity contribution < 1.29 is 4.79 Å². The fourth-order valence-corrected chi connectivity index (χ4v) is 2.20. The van der Waals surface area contributed by atoms with Crippen LogP contribution in [-0.2, 0) is 4.79 Å². The van der Waals surface area contributed by atoms with Crippen LogP contribution in [0.1, 0.15) is 53.9 Å². The van der Waals surface area contributed by atoms with Crippen LogP contribution in [-0.4, -0.2) is 42.0 Å². The highest BCUT2D eigenvalue weighted by Gasteiger charge is 2.37. The maximum Gasteiger partial charge on any atom is 0.237 e. The van der Waals surface area contributed by atoms with Gasteiger partial charge in [-0.15, -0.1) is 0 Å². The topological polar surface area (TPSA) is 58.4 Å². The van der Waals surface area contributed by atoms with Crippen LogP contribution < -0.4 is 11.1 Å². The summed E-state index contributed by atoms with van der Waals surface area (Å²) < 4.78 is 0. The molecule has 0 aromatic carbocycles. The molecule has 1 rings (SSSR count). The van der Waals surface area contributed by atoms with Gasteiger partial charge in [0.05, 0.1) is 5.54 Å². The van der Waals surface area contributed by atoms with E-state index >= 15 is 0 Å². The first kappa shape index (κ1) is 16.4. The minimum atomic E-state index is -0.576. The van der Waals surface area contributed by atoms with Crippen LogP contribution in [0, 0.1) is 5.41 Å². The van der Waals surface area contributed by atoms with Crippen LogP contribution in [0.4, 0.5) is 0 Å². The number of amides is 1. The molecule has 1 saturated carbocycles. The van der Waals surface area contributed by atoms with E-state index in [2.05, 4.69) is 45.0 Å². The molecule has 0 aromatic rings. The second-order valence-electron chi connectivity index (χ2n) is 7.39. The third kappa shape index (κ3) is 4.77. The van der Waals surface area contributed by atoms with E-state index in [0.717, 1.165) is 25.8 Å². The molecule has 1 amide bonds. The van der Waals surface area contributed by atoms with Crippen LogP contribution in [0.15, 0.2) is 0 Å². The Labute approximate surface area is 118 Å². The molecule has 2 unspecified atom stereocenters. The summed E-state index contributed by atoms with van der Waals surface area (Å²) in [5.41, 5.74) is 5.24. The zero-order valence-corrected chi connectivity index (χ0v) is 13.4. The molecule has 1 aliphatic rings. The number of nitrogens with two attached hydrogens (primary N) is 1. The van der Waals surface area contributed by atoms with Crippen LogP contribution in [0.3, 0.4) is 0 Å². The summed E-state index contributed by atoms with van der Waals surface area (Å²) in [5.74, 6) is -0.240. The summed E-state index contributed by atoms with van der Waals surface area (Å²) in [6, 6.07) is 0.952. The standard InChI is InChI=1S/C15H31N3O/c1-11(14(2,3)4)18(6)10-9-15(5,13(16)19)17-12-7-8-12/h11-12,17H,7-10H2,1-6H3,(H2,16,19). The van der Waals surface area contributed by atoms with Gasteiger partial charge >= 0.3 is 0 Å². The smallest absolute Gasteiger partial charge is 0.237 e. The first-order valence-electron chi connectivity index (χ1n) is 7.34. The Morgan fingerprint density at radius 2 is 1.89 bits per heavy atom. The summed E-state index contributed by atoms with van der Waals surface area (Å²) in [6.07, 6.45) is 3.09. The van der Waals surface area contributed by atoms with E-state index in [1.807, 2.05) is 6.92 Å². The van der Waals surface area contributed by atoms with Crippen molar-refractivity contribution >= 4 is 5.91 Å². The number of hydrogen-bond acceptors (Lipinski definition) is 3. The number of nitrogens with one attached hydrogen (secondary N) is 1. The van der Waals surface area contributed by atoms with E-state index in [4.69, 9.17) is 5.73 Å². The molecule has 19 heavy (non-hydrogen) atoms. The maximum atomic E-state index is 11.7. The molecule has 0 aromatic heterocycles. The fraction of sp³-hybridized carbons (Fsp3) is 0.933. The lowest BCUT2D eigenvalue weighted by molar-refractivity contribution is -0.124. The van der Waals surface area contributed by atoms with Crippen molar-refractivity contribution in [2.24, 2.45) is 11.1 Å². The number of primary amides is 1. The molecule has 4 heteroatoms. The van der Waals surface area contributed by atoms with Crippen molar-refractivity contribution in [2.45, 2.75) is 71.5 Å². The Hall–Kier alpha value is -0.610. The highest BCUT2D eigenvalue weighted by atomic mass is 16.1. The Morgan fingerprint density at radius 3 is 2.26 bits per heavy atom. The minimum absolute atomic E-state index is 0.238. The Bertz CT molecular complexity index is 320. The van der Waals surface area contributed by atoms with Gasteiger partial charge in [-0.2, -0.15) is 0 Å². The van der Waals surface area contributed by atoms with Crippen LogP contribution >= 0.6 is 0 Å². The van der Waals surface area contributed by atoms with Gasteiger partial charge in [-0.25, -0.2) is 0 Å². The molecule has 4 nitrogen and oxygen atoms in total. The molecule has 1 fully saturated rings. The predicted molar refractivity (Wildman–Crippen MR) is 79.9 cm³/mol. The van der Waals surface area contributed by atoms with Crippen LogP contribution in [0.5, 0.6) is 0 Å². The minimum Gasteiger partial charge on any atom is -0.368 e. The number of nitrogens with zero attached hydrogens (tertiary/aromatic N) is 1. The van der Waals surface area contributed by atoms with E-state index < -0.39 is 5.54 Å². The Kier molecular flexibility index (Phi) is 5.02. The molecule has 1 aliphatic carbocycles. The first-order valence-corrected chi connectivity index (χ1v) is 7.34. The number of carbonyl (C=O) groups is 1. The largest absolute Gasteiger partial charge is 0.368 e. The van der Waals surface area contributed by atoms with Crippen molar-refractivity contribution in [1.29, 1.82) is 0 Å². The van der Waals surface area contributed by atoms with E-state index in [9.17, 15) is 4.79 Å². The highest BCUT2D eigenvalue weighted by molar-refractivity contribution is 5.84. The van der Waals surface area contributed by atoms with Gasteiger partial charge in [0, 0.05) is 18.6 Å². The van der Waals surface area contributed by atoms with E-state index in [-0.39, 0.29) is 11.3 Å². The zero-order valence-electron chi connectivity index (χ0n) is 13.4. The molecule has 0 heterocycles. The van der Waals surface area contributed by atoms with Gasteiger partial charge in [0.25, 0.3) is 0 Å². The number of rotatable bonds is 7. The van der Waals surface area contributed by atoms with Crippen molar-refractivity contribution in [3.63, 3.8) is 0 Å². The first-order chi connectivity index (χ1) is 8.56. The molecule has 0 aliphatic heterocycles. The van der Waals surface area contributed by atoms with Gasteiger partial charge in [0.15, 0.2) is 0 Å². The molecule has 112 valence electrons. The third-order valence-electron chi connectivity index (χ3n) is 4.52. The van der Waals surface area contributed by atoms with Gasteiger partial charge in [0.1, 0.15) is 0 Å². The van der Waals surface area contributed by atoms with Crippen molar-refractivity contribution in [2.75, 3.05) is 13.6 Å². The van der Waals surface area contributed by atoms with Crippen LogP contribution in [0.2, 0.25) is 0 Å². The zero-order chi connectivity index (χ0) is 14.8. The predicted octanol–water partition coefficient (Wildman–Crippen LogP) is 1.74. The summed E-state index contributed by atoms with van der Waals surface area (Å²) in [4.78, 5) is 14.0. The summed E-state index contributed by atoms with van der Waals surface area (Å²) in [6.45, 7) is 11.8. The Morgan fingerprint density at radius 1 is 1.37 bits per heavy atom. The summed E-state index contributed by atoms with van der Waals surface area (Å²) in [7, 11) is 2.12. The van der Waals surface area contributed by atoms with Gasteiger partial charge in [-0.05, 0) is 45.6 Å². The van der Waals surface area contributed by atoms with Gasteiger partial charge in [0.2, 0.25) is 5.91 Å². The quantitative estimate of drug-likeness (QED) is 0.740. The molecule has 2 atom stereocenters. The molecular formula is C15H31N3O. The molecule has 3 N–H and O–H groups in total.